The lowest BCUT2D eigenvalue weighted by atomic mass is 10.1. The van der Waals surface area contributed by atoms with Crippen LogP contribution in [0.4, 0.5) is 5.95 Å². The van der Waals surface area contributed by atoms with Crippen molar-refractivity contribution in [2.24, 2.45) is 0 Å². The van der Waals surface area contributed by atoms with Crippen LogP contribution >= 0.6 is 12.2 Å². The van der Waals surface area contributed by atoms with Gasteiger partial charge in [0.15, 0.2) is 5.11 Å². The lowest BCUT2D eigenvalue weighted by Gasteiger charge is -2.13. The van der Waals surface area contributed by atoms with Crippen molar-refractivity contribution in [3.63, 3.8) is 0 Å². The maximum absolute atomic E-state index is 5.32. The maximum Gasteiger partial charge on any atom is 0.248 e. The van der Waals surface area contributed by atoms with Crippen molar-refractivity contribution in [1.82, 2.24) is 20.1 Å². The second-order valence-corrected chi connectivity index (χ2v) is 6.24. The Morgan fingerprint density at radius 1 is 1.36 bits per heavy atom. The first-order valence-electron chi connectivity index (χ1n) is 7.71. The first kappa shape index (κ1) is 15.0. The van der Waals surface area contributed by atoms with E-state index in [1.54, 1.807) is 6.33 Å². The van der Waals surface area contributed by atoms with Gasteiger partial charge in [-0.25, -0.2) is 9.67 Å². The molecule has 0 radical (unpaired) electrons. The molecule has 2 N–H and O–H groups in total. The van der Waals surface area contributed by atoms with Crippen LogP contribution < -0.4 is 10.6 Å². The predicted octanol–water partition coefficient (Wildman–Crippen LogP) is 2.86. The molecule has 0 atom stereocenters. The molecule has 0 unspecified atom stereocenters. The molecule has 1 aromatic heterocycles. The molecule has 0 aliphatic heterocycles. The van der Waals surface area contributed by atoms with Crippen LogP contribution in [0.1, 0.15) is 36.8 Å². The third kappa shape index (κ3) is 4.04. The molecule has 1 aliphatic carbocycles. The van der Waals surface area contributed by atoms with E-state index in [9.17, 15) is 0 Å². The third-order valence-electron chi connectivity index (χ3n) is 3.88. The molecule has 6 heteroatoms. The van der Waals surface area contributed by atoms with Crippen molar-refractivity contribution in [2.45, 2.75) is 45.2 Å². The quantitative estimate of drug-likeness (QED) is 0.850. The molecule has 0 amide bonds. The maximum atomic E-state index is 5.32. The van der Waals surface area contributed by atoms with Crippen LogP contribution in [0.25, 0.3) is 0 Å². The van der Waals surface area contributed by atoms with Gasteiger partial charge in [-0.1, -0.05) is 42.7 Å². The smallest absolute Gasteiger partial charge is 0.248 e. The Kier molecular flexibility index (Phi) is 4.68. The number of nitrogens with zero attached hydrogens (tertiary/aromatic N) is 3. The second kappa shape index (κ2) is 6.87. The summed E-state index contributed by atoms with van der Waals surface area (Å²) in [6.07, 6.45) is 6.67. The summed E-state index contributed by atoms with van der Waals surface area (Å²) in [5.41, 5.74) is 2.46. The van der Waals surface area contributed by atoms with Gasteiger partial charge in [-0.05, 0) is 37.5 Å². The molecule has 1 aromatic carbocycles. The van der Waals surface area contributed by atoms with E-state index in [0.29, 0.717) is 23.6 Å². The SMILES string of the molecule is Cc1cccc(Cn2cnc(NC(=S)NC3CCCC3)n2)c1. The van der Waals surface area contributed by atoms with Crippen LogP contribution in [0.3, 0.4) is 0 Å². The van der Waals surface area contributed by atoms with Crippen LogP contribution in [0.5, 0.6) is 0 Å². The molecular weight excluding hydrogens is 294 g/mol. The topological polar surface area (TPSA) is 54.8 Å². The van der Waals surface area contributed by atoms with E-state index in [0.717, 1.165) is 0 Å². The van der Waals surface area contributed by atoms with Gasteiger partial charge in [0.1, 0.15) is 6.33 Å². The average Bonchev–Trinajstić information content (AvgIpc) is 3.11. The van der Waals surface area contributed by atoms with Crippen molar-refractivity contribution in [3.05, 3.63) is 41.7 Å². The van der Waals surface area contributed by atoms with Crippen LogP contribution in [0.2, 0.25) is 0 Å². The summed E-state index contributed by atoms with van der Waals surface area (Å²) in [6.45, 7) is 2.80. The van der Waals surface area contributed by atoms with Crippen LogP contribution in [-0.4, -0.2) is 25.9 Å². The van der Waals surface area contributed by atoms with E-state index in [1.807, 2.05) is 4.68 Å². The Labute approximate surface area is 136 Å². The molecule has 22 heavy (non-hydrogen) atoms. The Morgan fingerprint density at radius 3 is 2.95 bits per heavy atom. The molecule has 116 valence electrons. The van der Waals surface area contributed by atoms with E-state index in [2.05, 4.69) is 51.9 Å². The Morgan fingerprint density at radius 2 is 2.18 bits per heavy atom. The van der Waals surface area contributed by atoms with Gasteiger partial charge in [-0.2, -0.15) is 0 Å². The monoisotopic (exact) mass is 315 g/mol. The zero-order chi connectivity index (χ0) is 15.4. The number of nitrogens with one attached hydrogen (secondary N) is 2. The van der Waals surface area contributed by atoms with Crippen molar-refractivity contribution >= 4 is 23.3 Å². The van der Waals surface area contributed by atoms with Crippen molar-refractivity contribution in [3.8, 4) is 0 Å². The zero-order valence-corrected chi connectivity index (χ0v) is 13.6. The highest BCUT2D eigenvalue weighted by atomic mass is 32.1. The van der Waals surface area contributed by atoms with Crippen molar-refractivity contribution in [1.29, 1.82) is 0 Å². The molecule has 1 heterocycles. The summed E-state index contributed by atoms with van der Waals surface area (Å²) in [7, 11) is 0. The summed E-state index contributed by atoms with van der Waals surface area (Å²) in [5, 5.41) is 11.4. The minimum atomic E-state index is 0.495. The van der Waals surface area contributed by atoms with Crippen molar-refractivity contribution < 1.29 is 0 Å². The largest absolute Gasteiger partial charge is 0.360 e. The van der Waals surface area contributed by atoms with Crippen LogP contribution in [0, 0.1) is 6.92 Å². The minimum Gasteiger partial charge on any atom is -0.360 e. The summed E-state index contributed by atoms with van der Waals surface area (Å²) < 4.78 is 1.81. The third-order valence-corrected chi connectivity index (χ3v) is 4.10. The zero-order valence-electron chi connectivity index (χ0n) is 12.7. The van der Waals surface area contributed by atoms with Gasteiger partial charge >= 0.3 is 0 Å². The molecule has 0 bridgehead atoms. The summed E-state index contributed by atoms with van der Waals surface area (Å²) in [5.74, 6) is 0.545. The van der Waals surface area contributed by atoms with E-state index in [1.165, 1.54) is 36.8 Å². The number of aryl methyl sites for hydroxylation is 1. The molecule has 1 saturated carbocycles. The molecule has 1 aliphatic rings. The summed E-state index contributed by atoms with van der Waals surface area (Å²) in [4.78, 5) is 4.26. The van der Waals surface area contributed by atoms with Gasteiger partial charge in [0.2, 0.25) is 5.95 Å². The van der Waals surface area contributed by atoms with Crippen molar-refractivity contribution in [2.75, 3.05) is 5.32 Å². The fourth-order valence-corrected chi connectivity index (χ4v) is 3.08. The molecule has 3 rings (SSSR count). The fourth-order valence-electron chi connectivity index (χ4n) is 2.82. The Bertz CT molecular complexity index is 645. The molecular formula is C16H21N5S. The average molecular weight is 315 g/mol. The number of hydrogen-bond acceptors (Lipinski definition) is 3. The highest BCUT2D eigenvalue weighted by Gasteiger charge is 2.15. The highest BCUT2D eigenvalue weighted by molar-refractivity contribution is 7.80. The number of hydrogen-bond donors (Lipinski definition) is 2. The summed E-state index contributed by atoms with van der Waals surface area (Å²) >= 11 is 5.32. The minimum absolute atomic E-state index is 0.495. The fraction of sp³-hybridized carbons (Fsp3) is 0.438. The molecule has 5 nitrogen and oxygen atoms in total. The van der Waals surface area contributed by atoms with E-state index in [-0.39, 0.29) is 0 Å². The lowest BCUT2D eigenvalue weighted by molar-refractivity contribution is 0.634. The molecule has 0 spiro atoms. The van der Waals surface area contributed by atoms with Gasteiger partial charge in [-0.15, -0.1) is 5.10 Å². The highest BCUT2D eigenvalue weighted by Crippen LogP contribution is 2.17. The normalized spacial score (nSPS) is 15.0. The Hall–Kier alpha value is -1.95. The van der Waals surface area contributed by atoms with Gasteiger partial charge in [0.05, 0.1) is 6.54 Å². The number of benzene rings is 1. The van der Waals surface area contributed by atoms with E-state index < -0.39 is 0 Å². The summed E-state index contributed by atoms with van der Waals surface area (Å²) in [6, 6.07) is 8.89. The number of thiocarbonyl (C=S) groups is 1. The Balaban J connectivity index is 1.55. The van der Waals surface area contributed by atoms with Gasteiger partial charge in [-0.3, -0.25) is 5.32 Å². The first-order valence-corrected chi connectivity index (χ1v) is 8.12. The standard InChI is InChI=1S/C16H21N5S/c1-12-5-4-6-13(9-12)10-21-11-17-15(20-21)19-16(22)18-14-7-2-3-8-14/h4-6,9,11,14H,2-3,7-8,10H2,1H3,(H2,18,19,20,22). The molecule has 1 fully saturated rings. The van der Waals surface area contributed by atoms with Gasteiger partial charge < -0.3 is 5.32 Å². The van der Waals surface area contributed by atoms with Gasteiger partial charge in [0.25, 0.3) is 0 Å². The van der Waals surface area contributed by atoms with Crippen LogP contribution in [-0.2, 0) is 6.54 Å². The van der Waals surface area contributed by atoms with Crippen LogP contribution in [0.15, 0.2) is 30.6 Å². The number of anilines is 1. The predicted molar refractivity (Wildman–Crippen MR) is 91.9 cm³/mol. The van der Waals surface area contributed by atoms with E-state index in [4.69, 9.17) is 12.2 Å². The van der Waals surface area contributed by atoms with Gasteiger partial charge in [0, 0.05) is 6.04 Å². The first-order chi connectivity index (χ1) is 10.7. The number of aromatic nitrogens is 3. The molecule has 0 saturated heterocycles. The number of rotatable bonds is 4. The second-order valence-electron chi connectivity index (χ2n) is 5.83. The molecule has 2 aromatic rings. The van der Waals surface area contributed by atoms with E-state index >= 15 is 0 Å². The lowest BCUT2D eigenvalue weighted by Crippen LogP contribution is -2.36.